The van der Waals surface area contributed by atoms with Crippen molar-refractivity contribution < 1.29 is 38.1 Å². The summed E-state index contributed by atoms with van der Waals surface area (Å²) in [6.07, 6.45) is 5.23. The fourth-order valence-corrected chi connectivity index (χ4v) is 5.48. The quantitative estimate of drug-likeness (QED) is 0.168. The fourth-order valence-electron chi connectivity index (χ4n) is 4.98. The van der Waals surface area contributed by atoms with Gasteiger partial charge in [-0.3, -0.25) is 9.59 Å². The molecule has 1 fully saturated rings. The van der Waals surface area contributed by atoms with E-state index in [0.29, 0.717) is 16.7 Å². The summed E-state index contributed by atoms with van der Waals surface area (Å²) >= 11 is 3.53. The first-order valence-electron chi connectivity index (χ1n) is 14.0. The molecular weight excluding hydrogens is 582 g/mol. The number of rotatable bonds is 16. The van der Waals surface area contributed by atoms with Crippen molar-refractivity contribution in [3.63, 3.8) is 0 Å². The van der Waals surface area contributed by atoms with Gasteiger partial charge in [0.1, 0.15) is 17.6 Å². The number of aryl methyl sites for hydroxylation is 1. The number of aliphatic hydroxyl groups is 1. The number of benzene rings is 1. The van der Waals surface area contributed by atoms with Crippen LogP contribution in [0.1, 0.15) is 94.5 Å². The number of ether oxygens (including phenoxy) is 3. The van der Waals surface area contributed by atoms with E-state index in [0.717, 1.165) is 55.4 Å². The smallest absolute Gasteiger partial charge is 0.417 e. The van der Waals surface area contributed by atoms with Crippen molar-refractivity contribution in [2.75, 3.05) is 13.7 Å². The highest BCUT2D eigenvalue weighted by Gasteiger charge is 2.48. The van der Waals surface area contributed by atoms with Crippen LogP contribution in [-0.2, 0) is 30.2 Å². The standard InChI is InChI=1S/C30H40BrNO8/c1-20-26(22-15-11-10-12-16-22)40-30(36)32(20)29(35)28(37-3)27(38-21(2)34)25-19-23(31)24(39-25)17-13-8-6-4-5-7-9-14-18-33/h10-12,15-16,19-20,26-28,33H,4-9,13-14,17-18H2,1-3H3. The number of hydrogen-bond donors (Lipinski definition) is 1. The third-order valence-electron chi connectivity index (χ3n) is 7.07. The lowest BCUT2D eigenvalue weighted by Gasteiger charge is -2.27. The Balaban J connectivity index is 1.67. The number of hydrogen-bond acceptors (Lipinski definition) is 8. The van der Waals surface area contributed by atoms with Crippen molar-refractivity contribution in [2.24, 2.45) is 0 Å². The number of furan rings is 1. The zero-order valence-electron chi connectivity index (χ0n) is 23.5. The Hall–Kier alpha value is -2.69. The largest absolute Gasteiger partial charge is 0.461 e. The molecule has 2 heterocycles. The number of imide groups is 1. The molecule has 0 saturated carbocycles. The van der Waals surface area contributed by atoms with Crippen molar-refractivity contribution in [1.29, 1.82) is 0 Å². The average Bonchev–Trinajstić information content (AvgIpc) is 3.45. The van der Waals surface area contributed by atoms with E-state index >= 15 is 0 Å². The van der Waals surface area contributed by atoms with Crippen LogP contribution in [0, 0.1) is 0 Å². The molecule has 3 rings (SSSR count). The topological polar surface area (TPSA) is 116 Å². The Morgan fingerprint density at radius 1 is 1.05 bits per heavy atom. The lowest BCUT2D eigenvalue weighted by Crippen LogP contribution is -2.47. The van der Waals surface area contributed by atoms with Crippen LogP contribution in [0.3, 0.4) is 0 Å². The molecule has 0 bridgehead atoms. The lowest BCUT2D eigenvalue weighted by molar-refractivity contribution is -0.164. The first-order chi connectivity index (χ1) is 19.3. The van der Waals surface area contributed by atoms with Crippen LogP contribution in [0.5, 0.6) is 0 Å². The van der Waals surface area contributed by atoms with Crippen LogP contribution < -0.4 is 0 Å². The Morgan fingerprint density at radius 3 is 2.27 bits per heavy atom. The molecule has 2 aromatic rings. The Kier molecular flexibility index (Phi) is 12.7. The molecule has 10 heteroatoms. The van der Waals surface area contributed by atoms with Crippen LogP contribution in [0.25, 0.3) is 0 Å². The van der Waals surface area contributed by atoms with Gasteiger partial charge in [0.05, 0.1) is 10.5 Å². The maximum atomic E-state index is 13.7. The molecule has 40 heavy (non-hydrogen) atoms. The normalized spacial score (nSPS) is 18.4. The summed E-state index contributed by atoms with van der Waals surface area (Å²) < 4.78 is 23.4. The first-order valence-corrected chi connectivity index (χ1v) is 14.7. The van der Waals surface area contributed by atoms with Gasteiger partial charge in [0, 0.05) is 27.1 Å². The second-order valence-corrected chi connectivity index (χ2v) is 10.9. The van der Waals surface area contributed by atoms with Gasteiger partial charge < -0.3 is 23.7 Å². The maximum absolute atomic E-state index is 13.7. The number of carbonyl (C=O) groups is 3. The number of halogens is 1. The van der Waals surface area contributed by atoms with Crippen molar-refractivity contribution >= 4 is 33.9 Å². The summed E-state index contributed by atoms with van der Waals surface area (Å²) in [6.45, 7) is 3.23. The molecule has 4 unspecified atom stereocenters. The number of carbonyl (C=O) groups excluding carboxylic acids is 3. The monoisotopic (exact) mass is 621 g/mol. The Bertz CT molecular complexity index is 1100. The van der Waals surface area contributed by atoms with Gasteiger partial charge in [0.15, 0.2) is 12.2 Å². The summed E-state index contributed by atoms with van der Waals surface area (Å²) in [7, 11) is 1.32. The summed E-state index contributed by atoms with van der Waals surface area (Å²) in [5, 5.41) is 8.86. The SMILES string of the molecule is COC(C(=O)N1C(=O)OC(c2ccccc2)C1C)C(OC(C)=O)c1cc(Br)c(CCCCCCCCCCO)o1. The molecule has 0 aliphatic carbocycles. The summed E-state index contributed by atoms with van der Waals surface area (Å²) in [6, 6.07) is 10.3. The summed E-state index contributed by atoms with van der Waals surface area (Å²) in [4.78, 5) is 39.5. The van der Waals surface area contributed by atoms with E-state index in [1.165, 1.54) is 20.5 Å². The van der Waals surface area contributed by atoms with Gasteiger partial charge in [-0.15, -0.1) is 0 Å². The van der Waals surface area contributed by atoms with E-state index in [1.807, 2.05) is 30.3 Å². The van der Waals surface area contributed by atoms with Crippen LogP contribution in [-0.4, -0.2) is 53.8 Å². The highest BCUT2D eigenvalue weighted by Crippen LogP contribution is 2.36. The highest BCUT2D eigenvalue weighted by atomic mass is 79.9. The van der Waals surface area contributed by atoms with Crippen LogP contribution in [0.4, 0.5) is 4.79 Å². The van der Waals surface area contributed by atoms with Crippen molar-refractivity contribution in [1.82, 2.24) is 4.90 Å². The van der Waals surface area contributed by atoms with Crippen LogP contribution in [0.2, 0.25) is 0 Å². The molecule has 1 aromatic carbocycles. The minimum atomic E-state index is -1.33. The highest BCUT2D eigenvalue weighted by molar-refractivity contribution is 9.10. The molecule has 1 aliphatic rings. The number of cyclic esters (lactones) is 1. The van der Waals surface area contributed by atoms with Crippen molar-refractivity contribution in [3.8, 4) is 0 Å². The van der Waals surface area contributed by atoms with Gasteiger partial charge in [-0.25, -0.2) is 9.69 Å². The predicted octanol–water partition coefficient (Wildman–Crippen LogP) is 6.43. The van der Waals surface area contributed by atoms with Gasteiger partial charge in [-0.1, -0.05) is 68.9 Å². The van der Waals surface area contributed by atoms with E-state index in [9.17, 15) is 14.4 Å². The van der Waals surface area contributed by atoms with Crippen LogP contribution >= 0.6 is 15.9 Å². The minimum absolute atomic E-state index is 0.251. The van der Waals surface area contributed by atoms with E-state index < -0.39 is 42.3 Å². The fraction of sp³-hybridized carbons (Fsp3) is 0.567. The number of unbranched alkanes of at least 4 members (excludes halogenated alkanes) is 7. The average molecular weight is 623 g/mol. The molecule has 1 N–H and O–H groups in total. The summed E-state index contributed by atoms with van der Waals surface area (Å²) in [5.74, 6) is -0.360. The molecule has 4 atom stereocenters. The van der Waals surface area contributed by atoms with Gasteiger partial charge >= 0.3 is 12.1 Å². The number of esters is 1. The van der Waals surface area contributed by atoms with E-state index in [-0.39, 0.29) is 12.4 Å². The van der Waals surface area contributed by atoms with Crippen molar-refractivity contribution in [3.05, 3.63) is 58.0 Å². The zero-order chi connectivity index (χ0) is 29.1. The number of methoxy groups -OCH3 is 1. The molecule has 1 saturated heterocycles. The van der Waals surface area contributed by atoms with Crippen LogP contribution in [0.15, 0.2) is 45.3 Å². The molecule has 2 amide bonds. The van der Waals surface area contributed by atoms with Crippen molar-refractivity contribution in [2.45, 2.75) is 96.0 Å². The molecule has 1 aliphatic heterocycles. The van der Waals surface area contributed by atoms with Gasteiger partial charge in [-0.2, -0.15) is 0 Å². The maximum Gasteiger partial charge on any atom is 0.417 e. The number of amides is 2. The lowest BCUT2D eigenvalue weighted by atomic mass is 10.0. The Labute approximate surface area is 244 Å². The third-order valence-corrected chi connectivity index (χ3v) is 7.74. The second kappa shape index (κ2) is 15.9. The molecule has 1 aromatic heterocycles. The van der Waals surface area contributed by atoms with Gasteiger partial charge in [-0.05, 0) is 47.3 Å². The first kappa shape index (κ1) is 31.8. The predicted molar refractivity (Wildman–Crippen MR) is 151 cm³/mol. The van der Waals surface area contributed by atoms with E-state index in [2.05, 4.69) is 15.9 Å². The minimum Gasteiger partial charge on any atom is -0.461 e. The number of aliphatic hydroxyl groups excluding tert-OH is 1. The summed E-state index contributed by atoms with van der Waals surface area (Å²) in [5.41, 5.74) is 0.769. The van der Waals surface area contributed by atoms with E-state index in [4.69, 9.17) is 23.7 Å². The van der Waals surface area contributed by atoms with Gasteiger partial charge in [0.25, 0.3) is 5.91 Å². The molecule has 9 nitrogen and oxygen atoms in total. The zero-order valence-corrected chi connectivity index (χ0v) is 25.1. The molecule has 0 radical (unpaired) electrons. The second-order valence-electron chi connectivity index (χ2n) is 10.1. The molecule has 220 valence electrons. The molecule has 0 spiro atoms. The Morgan fingerprint density at radius 2 is 1.68 bits per heavy atom. The number of nitrogens with zero attached hydrogens (tertiary/aromatic N) is 1. The van der Waals surface area contributed by atoms with Gasteiger partial charge in [0.2, 0.25) is 0 Å². The van der Waals surface area contributed by atoms with E-state index in [1.54, 1.807) is 13.0 Å². The third kappa shape index (κ3) is 8.41. The molecular formula is C30H40BrNO8.